The number of esters is 1. The molecule has 1 unspecified atom stereocenters. The van der Waals surface area contributed by atoms with Crippen LogP contribution in [-0.4, -0.2) is 23.1 Å². The van der Waals surface area contributed by atoms with Crippen LogP contribution in [0.3, 0.4) is 0 Å². The summed E-state index contributed by atoms with van der Waals surface area (Å²) in [6, 6.07) is 0. The molecule has 0 amide bonds. The number of hydrogen-bond donors (Lipinski definition) is 1. The fourth-order valence-electron chi connectivity index (χ4n) is 5.57. The molecule has 1 atom stereocenters. The minimum absolute atomic E-state index is 0.0731. The van der Waals surface area contributed by atoms with Gasteiger partial charge in [0.2, 0.25) is 0 Å². The van der Waals surface area contributed by atoms with Gasteiger partial charge in [-0.1, -0.05) is 154 Å². The number of hydrogen-bond acceptors (Lipinski definition) is 3. The zero-order valence-electron chi connectivity index (χ0n) is 28.8. The Morgan fingerprint density at radius 3 is 1.44 bits per heavy atom. The van der Waals surface area contributed by atoms with Crippen LogP contribution in [0.1, 0.15) is 206 Å². The maximum Gasteiger partial charge on any atom is 0.306 e. The Kier molecular flexibility index (Phi) is 33.6. The Labute approximate surface area is 267 Å². The summed E-state index contributed by atoms with van der Waals surface area (Å²) in [6.07, 6.45) is 44.0. The Bertz CT molecular complexity index is 654. The zero-order valence-corrected chi connectivity index (χ0v) is 28.8. The van der Waals surface area contributed by atoms with Crippen molar-refractivity contribution in [3.8, 4) is 0 Å². The van der Waals surface area contributed by atoms with Crippen molar-refractivity contribution in [1.29, 1.82) is 0 Å². The summed E-state index contributed by atoms with van der Waals surface area (Å²) in [5.74, 6) is -0.797. The Balaban J connectivity index is 3.57. The van der Waals surface area contributed by atoms with Crippen LogP contribution in [0.5, 0.6) is 0 Å². The van der Waals surface area contributed by atoms with E-state index in [0.29, 0.717) is 6.42 Å². The summed E-state index contributed by atoms with van der Waals surface area (Å²) < 4.78 is 5.77. The Morgan fingerprint density at radius 1 is 0.512 bits per heavy atom. The van der Waals surface area contributed by atoms with Crippen LogP contribution in [0.4, 0.5) is 0 Å². The molecule has 252 valence electrons. The molecule has 0 bridgehead atoms. The average Bonchev–Trinajstić information content (AvgIpc) is 2.99. The minimum Gasteiger partial charge on any atom is -0.481 e. The molecule has 0 radical (unpaired) electrons. The molecule has 0 aliphatic rings. The molecule has 0 aromatic heterocycles. The number of rotatable bonds is 34. The third-order valence-corrected chi connectivity index (χ3v) is 8.36. The van der Waals surface area contributed by atoms with E-state index in [-0.39, 0.29) is 18.5 Å². The van der Waals surface area contributed by atoms with Gasteiger partial charge >= 0.3 is 11.9 Å². The number of carbonyl (C=O) groups is 2. The third kappa shape index (κ3) is 34.8. The van der Waals surface area contributed by atoms with Crippen molar-refractivity contribution in [2.45, 2.75) is 213 Å². The molecule has 0 aromatic rings. The van der Waals surface area contributed by atoms with E-state index in [1.165, 1.54) is 122 Å². The van der Waals surface area contributed by atoms with Crippen LogP contribution in [0.15, 0.2) is 24.3 Å². The highest BCUT2D eigenvalue weighted by molar-refractivity contribution is 5.69. The molecular weight excluding hydrogens is 532 g/mol. The smallest absolute Gasteiger partial charge is 0.306 e. The van der Waals surface area contributed by atoms with Crippen molar-refractivity contribution in [3.05, 3.63) is 24.3 Å². The van der Waals surface area contributed by atoms with Gasteiger partial charge in [-0.3, -0.25) is 9.59 Å². The van der Waals surface area contributed by atoms with Gasteiger partial charge in [-0.25, -0.2) is 0 Å². The monoisotopic (exact) mass is 605 g/mol. The van der Waals surface area contributed by atoms with Crippen LogP contribution >= 0.6 is 0 Å². The fraction of sp³-hybridized carbons (Fsp3) is 0.846. The molecule has 0 fully saturated rings. The highest BCUT2D eigenvalue weighted by Gasteiger charge is 2.11. The van der Waals surface area contributed by atoms with Gasteiger partial charge in [0.05, 0.1) is 0 Å². The van der Waals surface area contributed by atoms with E-state index in [4.69, 9.17) is 9.84 Å². The van der Waals surface area contributed by atoms with E-state index >= 15 is 0 Å². The molecule has 0 saturated heterocycles. The van der Waals surface area contributed by atoms with Crippen LogP contribution in [0.2, 0.25) is 0 Å². The summed E-state index contributed by atoms with van der Waals surface area (Å²) in [7, 11) is 0. The van der Waals surface area contributed by atoms with E-state index < -0.39 is 5.97 Å². The lowest BCUT2D eigenvalue weighted by atomic mass is 10.0. The highest BCUT2D eigenvalue weighted by Crippen LogP contribution is 2.16. The fourth-order valence-corrected chi connectivity index (χ4v) is 5.57. The van der Waals surface area contributed by atoms with Crippen molar-refractivity contribution in [2.24, 2.45) is 0 Å². The molecule has 43 heavy (non-hydrogen) atoms. The molecule has 0 saturated carbocycles. The number of carboxylic acids is 1. The topological polar surface area (TPSA) is 63.6 Å². The van der Waals surface area contributed by atoms with Crippen molar-refractivity contribution in [2.75, 3.05) is 0 Å². The molecule has 0 spiro atoms. The number of carboxylic acid groups (broad SMARTS) is 1. The first-order valence-corrected chi connectivity index (χ1v) is 18.8. The zero-order chi connectivity index (χ0) is 31.5. The van der Waals surface area contributed by atoms with Gasteiger partial charge in [0, 0.05) is 12.8 Å². The van der Waals surface area contributed by atoms with Crippen LogP contribution in [0.25, 0.3) is 0 Å². The summed E-state index contributed by atoms with van der Waals surface area (Å²) in [5.41, 5.74) is 0. The minimum atomic E-state index is -0.724. The Morgan fingerprint density at radius 2 is 0.953 bits per heavy atom. The third-order valence-electron chi connectivity index (χ3n) is 8.36. The first-order chi connectivity index (χ1) is 21.1. The molecule has 0 aliphatic carbocycles. The van der Waals surface area contributed by atoms with Gasteiger partial charge in [-0.15, -0.1) is 0 Å². The second-order valence-corrected chi connectivity index (χ2v) is 12.8. The second kappa shape index (κ2) is 34.9. The summed E-state index contributed by atoms with van der Waals surface area (Å²) in [5, 5.41) is 8.75. The summed E-state index contributed by atoms with van der Waals surface area (Å²) in [4.78, 5) is 23.0. The van der Waals surface area contributed by atoms with E-state index in [2.05, 4.69) is 38.2 Å². The normalized spacial score (nSPS) is 12.4. The maximum absolute atomic E-state index is 12.4. The molecule has 0 heterocycles. The lowest BCUT2D eigenvalue weighted by Crippen LogP contribution is -2.16. The van der Waals surface area contributed by atoms with Gasteiger partial charge < -0.3 is 9.84 Å². The lowest BCUT2D eigenvalue weighted by Gasteiger charge is -2.14. The molecule has 0 aliphatic heterocycles. The van der Waals surface area contributed by atoms with E-state index in [9.17, 15) is 9.59 Å². The van der Waals surface area contributed by atoms with E-state index in [0.717, 1.165) is 57.8 Å². The molecule has 0 aromatic carbocycles. The van der Waals surface area contributed by atoms with E-state index in [1.807, 2.05) is 0 Å². The standard InChI is InChI=1S/C39H72O4/c1-3-5-7-8-9-10-11-12-13-14-15-16-17-18-19-20-21-22-23-24-25-26-32-36-39(42)43-37(33-29-6-4-2)34-30-27-28-31-35-38(40)41/h14-15,29,33,37H,3-13,16-28,30-32,34-36H2,1-2H3,(H,40,41)/b15-14-,33-29-. The average molecular weight is 605 g/mol. The predicted molar refractivity (Wildman–Crippen MR) is 186 cm³/mol. The number of aliphatic carboxylic acids is 1. The number of ether oxygens (including phenoxy) is 1. The van der Waals surface area contributed by atoms with Crippen LogP contribution in [-0.2, 0) is 14.3 Å². The highest BCUT2D eigenvalue weighted by atomic mass is 16.5. The first kappa shape index (κ1) is 41.4. The quantitative estimate of drug-likeness (QED) is 0.0451. The van der Waals surface area contributed by atoms with Crippen LogP contribution in [0, 0.1) is 0 Å². The molecule has 0 rings (SSSR count). The van der Waals surface area contributed by atoms with Crippen LogP contribution < -0.4 is 0 Å². The van der Waals surface area contributed by atoms with E-state index in [1.54, 1.807) is 0 Å². The molecule has 1 N–H and O–H groups in total. The lowest BCUT2D eigenvalue weighted by molar-refractivity contribution is -0.147. The second-order valence-electron chi connectivity index (χ2n) is 12.8. The molecule has 4 heteroatoms. The SMILES string of the molecule is CCC/C=C\C(CCCCCCC(=O)O)OC(=O)CCCCCCCCCCCCC/C=C\CCCCCCCCCC. The molecular formula is C39H72O4. The van der Waals surface area contributed by atoms with Crippen molar-refractivity contribution >= 4 is 11.9 Å². The van der Waals surface area contributed by atoms with Gasteiger partial charge in [-0.2, -0.15) is 0 Å². The maximum atomic E-state index is 12.4. The summed E-state index contributed by atoms with van der Waals surface area (Å²) in [6.45, 7) is 4.43. The first-order valence-electron chi connectivity index (χ1n) is 18.8. The predicted octanol–water partition coefficient (Wildman–Crippen LogP) is 12.8. The number of allylic oxidation sites excluding steroid dienone is 3. The largest absolute Gasteiger partial charge is 0.481 e. The summed E-state index contributed by atoms with van der Waals surface area (Å²) >= 11 is 0. The van der Waals surface area contributed by atoms with Gasteiger partial charge in [0.15, 0.2) is 0 Å². The van der Waals surface area contributed by atoms with Gasteiger partial charge in [0.25, 0.3) is 0 Å². The van der Waals surface area contributed by atoms with Crippen molar-refractivity contribution in [1.82, 2.24) is 0 Å². The van der Waals surface area contributed by atoms with Crippen molar-refractivity contribution < 1.29 is 19.4 Å². The molecule has 4 nitrogen and oxygen atoms in total. The van der Waals surface area contributed by atoms with Gasteiger partial charge in [0.1, 0.15) is 6.10 Å². The number of unbranched alkanes of at least 4 members (excludes halogenated alkanes) is 23. The van der Waals surface area contributed by atoms with Crippen molar-refractivity contribution in [3.63, 3.8) is 0 Å². The number of carbonyl (C=O) groups excluding carboxylic acids is 1. The van der Waals surface area contributed by atoms with Gasteiger partial charge in [-0.05, 0) is 63.9 Å². The Hall–Kier alpha value is -1.58.